The number of hydrogen-bond donors (Lipinski definition) is 0. The lowest BCUT2D eigenvalue weighted by molar-refractivity contribution is -0.137. The summed E-state index contributed by atoms with van der Waals surface area (Å²) in [6.45, 7) is 5.37. The van der Waals surface area contributed by atoms with E-state index in [1.807, 2.05) is 31.2 Å². The smallest absolute Gasteiger partial charge is 0.330 e. The predicted octanol–water partition coefficient (Wildman–Crippen LogP) is 3.13. The van der Waals surface area contributed by atoms with E-state index in [0.717, 1.165) is 16.9 Å². The van der Waals surface area contributed by atoms with Gasteiger partial charge in [0, 0.05) is 13.2 Å². The molecule has 0 heterocycles. The number of carbonyl (C=O) groups is 1. The maximum absolute atomic E-state index is 11.1. The third-order valence-corrected chi connectivity index (χ3v) is 2.85. The zero-order valence-corrected chi connectivity index (χ0v) is 13.9. The summed E-state index contributed by atoms with van der Waals surface area (Å²) >= 11 is 0. The molecule has 0 aliphatic carbocycles. The zero-order chi connectivity index (χ0) is 16.9. The van der Waals surface area contributed by atoms with Gasteiger partial charge in [-0.2, -0.15) is 0 Å². The second kappa shape index (κ2) is 11.5. The highest BCUT2D eigenvalue weighted by molar-refractivity contribution is 5.82. The van der Waals surface area contributed by atoms with Gasteiger partial charge in [0.25, 0.3) is 0 Å². The van der Waals surface area contributed by atoms with Crippen LogP contribution in [-0.4, -0.2) is 39.7 Å². The molecule has 5 nitrogen and oxygen atoms in total. The van der Waals surface area contributed by atoms with Gasteiger partial charge >= 0.3 is 5.97 Å². The number of carbonyl (C=O) groups excluding carboxylic acids is 1. The average molecular weight is 320 g/mol. The molecule has 0 saturated carbocycles. The summed E-state index contributed by atoms with van der Waals surface area (Å²) in [6, 6.07) is 5.83. The normalized spacial score (nSPS) is 11.3. The lowest BCUT2D eigenvalue weighted by Crippen LogP contribution is -2.08. The molecule has 1 rings (SSSR count). The van der Waals surface area contributed by atoms with Crippen molar-refractivity contribution in [2.75, 3.05) is 33.7 Å². The molecule has 126 valence electrons. The van der Waals surface area contributed by atoms with Crippen LogP contribution in [0.4, 0.5) is 0 Å². The summed E-state index contributed by atoms with van der Waals surface area (Å²) in [5.74, 6) is 0.437. The fraction of sp³-hybridized carbons (Fsp3) is 0.389. The van der Waals surface area contributed by atoms with Gasteiger partial charge in [-0.1, -0.05) is 24.3 Å². The molecular weight excluding hydrogens is 296 g/mol. The molecule has 1 aromatic rings. The van der Waals surface area contributed by atoms with E-state index in [1.54, 1.807) is 26.2 Å². The van der Waals surface area contributed by atoms with Crippen molar-refractivity contribution < 1.29 is 23.7 Å². The molecule has 0 atom stereocenters. The van der Waals surface area contributed by atoms with E-state index in [2.05, 4.69) is 0 Å². The van der Waals surface area contributed by atoms with Gasteiger partial charge in [0.1, 0.15) is 5.75 Å². The van der Waals surface area contributed by atoms with E-state index in [0.29, 0.717) is 19.8 Å². The Labute approximate surface area is 137 Å². The van der Waals surface area contributed by atoms with Crippen molar-refractivity contribution in [2.24, 2.45) is 0 Å². The van der Waals surface area contributed by atoms with Crippen molar-refractivity contribution in [1.82, 2.24) is 0 Å². The third kappa shape index (κ3) is 8.18. The van der Waals surface area contributed by atoms with Crippen LogP contribution in [0.25, 0.3) is 6.08 Å². The minimum atomic E-state index is -0.342. The first-order valence-electron chi connectivity index (χ1n) is 7.49. The number of aryl methyl sites for hydroxylation is 1. The molecule has 0 unspecified atom stereocenters. The minimum Gasteiger partial charge on any atom is -0.467 e. The second-order valence-electron chi connectivity index (χ2n) is 4.66. The van der Waals surface area contributed by atoms with Gasteiger partial charge in [-0.25, -0.2) is 4.79 Å². The fourth-order valence-corrected chi connectivity index (χ4v) is 1.74. The maximum atomic E-state index is 11.1. The Hall–Kier alpha value is -2.11. The highest BCUT2D eigenvalue weighted by Gasteiger charge is 2.00. The highest BCUT2D eigenvalue weighted by atomic mass is 16.7. The molecule has 0 fully saturated rings. The van der Waals surface area contributed by atoms with E-state index >= 15 is 0 Å². The highest BCUT2D eigenvalue weighted by Crippen LogP contribution is 2.19. The first kappa shape index (κ1) is 18.9. The summed E-state index contributed by atoms with van der Waals surface area (Å²) < 4.78 is 20.5. The van der Waals surface area contributed by atoms with E-state index < -0.39 is 0 Å². The van der Waals surface area contributed by atoms with Crippen molar-refractivity contribution in [3.8, 4) is 5.75 Å². The number of rotatable bonds is 10. The molecule has 0 amide bonds. The van der Waals surface area contributed by atoms with Gasteiger partial charge < -0.3 is 18.9 Å². The van der Waals surface area contributed by atoms with Crippen LogP contribution in [-0.2, 0) is 19.0 Å². The van der Waals surface area contributed by atoms with Crippen LogP contribution in [0.5, 0.6) is 5.75 Å². The predicted molar refractivity (Wildman–Crippen MR) is 89.3 cm³/mol. The quantitative estimate of drug-likeness (QED) is 0.218. The third-order valence-electron chi connectivity index (χ3n) is 2.85. The number of methoxy groups -OCH3 is 1. The molecule has 0 aromatic heterocycles. The van der Waals surface area contributed by atoms with Crippen LogP contribution in [0.3, 0.4) is 0 Å². The molecule has 0 bridgehead atoms. The summed E-state index contributed by atoms with van der Waals surface area (Å²) in [4.78, 5) is 11.1. The summed E-state index contributed by atoms with van der Waals surface area (Å²) in [5.41, 5.74) is 2.03. The lowest BCUT2D eigenvalue weighted by atomic mass is 10.1. The molecule has 23 heavy (non-hydrogen) atoms. The maximum Gasteiger partial charge on any atom is 0.330 e. The largest absolute Gasteiger partial charge is 0.467 e. The van der Waals surface area contributed by atoms with Crippen molar-refractivity contribution in [3.63, 3.8) is 0 Å². The number of ether oxygens (including phenoxy) is 4. The lowest BCUT2D eigenvalue weighted by Gasteiger charge is -2.10. The summed E-state index contributed by atoms with van der Waals surface area (Å²) in [6.07, 6.45) is 6.74. The van der Waals surface area contributed by atoms with Crippen LogP contribution < -0.4 is 4.74 Å². The molecule has 0 aliphatic rings. The van der Waals surface area contributed by atoms with E-state index in [-0.39, 0.29) is 12.8 Å². The Bertz CT molecular complexity index is 534. The minimum absolute atomic E-state index is 0.196. The average Bonchev–Trinajstić information content (AvgIpc) is 2.53. The van der Waals surface area contributed by atoms with Gasteiger partial charge in [0.2, 0.25) is 0 Å². The molecule has 5 heteroatoms. The van der Waals surface area contributed by atoms with Crippen LogP contribution in [0.15, 0.2) is 36.4 Å². The number of esters is 1. The second-order valence-corrected chi connectivity index (χ2v) is 4.66. The Morgan fingerprint density at radius 1 is 1.22 bits per heavy atom. The molecule has 0 N–H and O–H groups in total. The topological polar surface area (TPSA) is 54.0 Å². The summed E-state index contributed by atoms with van der Waals surface area (Å²) in [5, 5.41) is 0. The van der Waals surface area contributed by atoms with Crippen molar-refractivity contribution in [3.05, 3.63) is 47.6 Å². The Kier molecular flexibility index (Phi) is 9.43. The Morgan fingerprint density at radius 3 is 2.74 bits per heavy atom. The van der Waals surface area contributed by atoms with Gasteiger partial charge in [0.15, 0.2) is 6.79 Å². The standard InChI is InChI=1S/C18H24O5/c1-4-22-18(19)8-6-5-7-16-9-10-17(15(2)13-16)23-14-21-12-11-20-3/h5-10,13H,4,11-12,14H2,1-3H3. The first-order chi connectivity index (χ1) is 11.2. The van der Waals surface area contributed by atoms with Gasteiger partial charge in [0.05, 0.1) is 19.8 Å². The van der Waals surface area contributed by atoms with Crippen molar-refractivity contribution in [2.45, 2.75) is 13.8 Å². The number of hydrogen-bond acceptors (Lipinski definition) is 5. The first-order valence-corrected chi connectivity index (χ1v) is 7.49. The fourth-order valence-electron chi connectivity index (χ4n) is 1.74. The molecule has 0 saturated heterocycles. The van der Waals surface area contributed by atoms with E-state index in [9.17, 15) is 4.79 Å². The zero-order valence-electron chi connectivity index (χ0n) is 13.9. The van der Waals surface area contributed by atoms with Gasteiger partial charge in [-0.15, -0.1) is 0 Å². The van der Waals surface area contributed by atoms with Gasteiger partial charge in [-0.05, 0) is 37.1 Å². The monoisotopic (exact) mass is 320 g/mol. The van der Waals surface area contributed by atoms with Crippen LogP contribution >= 0.6 is 0 Å². The van der Waals surface area contributed by atoms with E-state index in [1.165, 1.54) is 6.08 Å². The molecule has 0 spiro atoms. The molecule has 1 aromatic carbocycles. The SMILES string of the molecule is CCOC(=O)C=CC=Cc1ccc(OCOCCOC)c(C)c1. The molecule has 0 aliphatic heterocycles. The van der Waals surface area contributed by atoms with Crippen molar-refractivity contribution >= 4 is 12.0 Å². The number of benzene rings is 1. The van der Waals surface area contributed by atoms with Crippen molar-refractivity contribution in [1.29, 1.82) is 0 Å². The number of allylic oxidation sites excluding steroid dienone is 2. The summed E-state index contributed by atoms with van der Waals surface area (Å²) in [7, 11) is 1.63. The molecule has 0 radical (unpaired) electrons. The molecular formula is C18H24O5. The van der Waals surface area contributed by atoms with E-state index in [4.69, 9.17) is 18.9 Å². The van der Waals surface area contributed by atoms with Gasteiger partial charge in [-0.3, -0.25) is 0 Å². The van der Waals surface area contributed by atoms with Crippen LogP contribution in [0, 0.1) is 6.92 Å². The Morgan fingerprint density at radius 2 is 2.04 bits per heavy atom. The Balaban J connectivity index is 2.47. The van der Waals surface area contributed by atoms with Crippen LogP contribution in [0.2, 0.25) is 0 Å². The van der Waals surface area contributed by atoms with Crippen LogP contribution in [0.1, 0.15) is 18.1 Å².